The van der Waals surface area contributed by atoms with Crippen LogP contribution in [0.2, 0.25) is 10.0 Å². The van der Waals surface area contributed by atoms with E-state index in [1.807, 2.05) is 0 Å². The minimum absolute atomic E-state index is 0.266. The van der Waals surface area contributed by atoms with Crippen LogP contribution >= 0.6 is 23.2 Å². The van der Waals surface area contributed by atoms with Gasteiger partial charge in [0.15, 0.2) is 0 Å². The largest absolute Gasteiger partial charge is 0.356 e. The van der Waals surface area contributed by atoms with Crippen molar-refractivity contribution in [2.24, 2.45) is 0 Å². The van der Waals surface area contributed by atoms with Gasteiger partial charge in [0.05, 0.1) is 4.92 Å². The molecule has 0 fully saturated rings. The molecule has 11 nitrogen and oxygen atoms in total. The second-order valence-corrected chi connectivity index (χ2v) is 6.72. The van der Waals surface area contributed by atoms with E-state index in [0.717, 1.165) is 6.33 Å². The van der Waals surface area contributed by atoms with Crippen molar-refractivity contribution < 1.29 is 14.5 Å². The van der Waals surface area contributed by atoms with Crippen molar-refractivity contribution in [2.45, 2.75) is 0 Å². The average molecular weight is 462 g/mol. The standard InChI is InChI=1S/C18H13Cl2N7O4/c19-12-5-1-10(2-6-12)17(28)25-23-15-14(27(30)31)16(22-9-21-15)24-26-18(29)11-3-7-13(20)8-4-11/h1-9H,(H,25,28)(H,26,29)(H2,21,22,23,24). The minimum Gasteiger partial charge on any atom is -0.276 e. The lowest BCUT2D eigenvalue weighted by Gasteiger charge is -2.11. The summed E-state index contributed by atoms with van der Waals surface area (Å²) in [5.41, 5.74) is 9.29. The number of carbonyl (C=O) groups excluding carboxylic acids is 2. The third-order valence-corrected chi connectivity index (χ3v) is 4.31. The van der Waals surface area contributed by atoms with Gasteiger partial charge in [-0.1, -0.05) is 23.2 Å². The second kappa shape index (κ2) is 9.69. The summed E-state index contributed by atoms with van der Waals surface area (Å²) in [5, 5.41) is 12.4. The molecule has 3 aromatic rings. The zero-order valence-electron chi connectivity index (χ0n) is 15.4. The maximum atomic E-state index is 12.2. The van der Waals surface area contributed by atoms with Crippen LogP contribution in [0.25, 0.3) is 0 Å². The van der Waals surface area contributed by atoms with Gasteiger partial charge >= 0.3 is 5.69 Å². The number of benzene rings is 2. The molecule has 31 heavy (non-hydrogen) atoms. The van der Waals surface area contributed by atoms with E-state index in [4.69, 9.17) is 23.2 Å². The zero-order chi connectivity index (χ0) is 22.4. The lowest BCUT2D eigenvalue weighted by atomic mass is 10.2. The van der Waals surface area contributed by atoms with E-state index >= 15 is 0 Å². The van der Waals surface area contributed by atoms with Gasteiger partial charge in [-0.3, -0.25) is 41.4 Å². The molecule has 0 aliphatic carbocycles. The van der Waals surface area contributed by atoms with Crippen molar-refractivity contribution in [1.29, 1.82) is 0 Å². The molecule has 2 amide bonds. The van der Waals surface area contributed by atoms with Crippen LogP contribution in [0.1, 0.15) is 20.7 Å². The van der Waals surface area contributed by atoms with Crippen LogP contribution in [0.3, 0.4) is 0 Å². The number of hydrazine groups is 2. The highest BCUT2D eigenvalue weighted by Gasteiger charge is 2.24. The second-order valence-electron chi connectivity index (χ2n) is 5.85. The van der Waals surface area contributed by atoms with Crippen molar-refractivity contribution >= 4 is 52.3 Å². The first-order valence-corrected chi connectivity index (χ1v) is 9.24. The highest BCUT2D eigenvalue weighted by Crippen LogP contribution is 2.27. The third kappa shape index (κ3) is 5.56. The van der Waals surface area contributed by atoms with Crippen molar-refractivity contribution in [3.05, 3.63) is 86.1 Å². The van der Waals surface area contributed by atoms with Gasteiger partial charge in [0.2, 0.25) is 11.6 Å². The number of rotatable bonds is 7. The predicted octanol–water partition coefficient (Wildman–Crippen LogP) is 3.21. The number of hydrogen-bond donors (Lipinski definition) is 4. The Hall–Kier alpha value is -3.96. The molecule has 0 bridgehead atoms. The molecule has 2 aromatic carbocycles. The van der Waals surface area contributed by atoms with Crippen molar-refractivity contribution in [3.63, 3.8) is 0 Å². The molecule has 3 rings (SSSR count). The molecule has 0 spiro atoms. The van der Waals surface area contributed by atoms with Gasteiger partial charge < -0.3 is 0 Å². The normalized spacial score (nSPS) is 10.1. The van der Waals surface area contributed by atoms with Gasteiger partial charge in [0, 0.05) is 21.2 Å². The number of hydrogen-bond acceptors (Lipinski definition) is 8. The lowest BCUT2D eigenvalue weighted by Crippen LogP contribution is -2.32. The van der Waals surface area contributed by atoms with Gasteiger partial charge in [-0.25, -0.2) is 9.97 Å². The fraction of sp³-hybridized carbons (Fsp3) is 0. The summed E-state index contributed by atoms with van der Waals surface area (Å²) in [7, 11) is 0. The number of carbonyl (C=O) groups is 2. The monoisotopic (exact) mass is 461 g/mol. The first-order valence-electron chi connectivity index (χ1n) is 8.48. The smallest absolute Gasteiger partial charge is 0.276 e. The quantitative estimate of drug-likeness (QED) is 0.309. The molecule has 158 valence electrons. The SMILES string of the molecule is O=C(NNc1ncnc(NNC(=O)c2ccc(Cl)cc2)c1[N+](=O)[O-])c1ccc(Cl)cc1. The molecule has 0 aliphatic heterocycles. The fourth-order valence-corrected chi connectivity index (χ4v) is 2.57. The summed E-state index contributed by atoms with van der Waals surface area (Å²) in [4.78, 5) is 42.7. The van der Waals surface area contributed by atoms with Crippen LogP contribution in [0, 0.1) is 10.1 Å². The summed E-state index contributed by atoms with van der Waals surface area (Å²) in [6, 6.07) is 12.0. The summed E-state index contributed by atoms with van der Waals surface area (Å²) in [6.07, 6.45) is 1.01. The summed E-state index contributed by atoms with van der Waals surface area (Å²) < 4.78 is 0. The van der Waals surface area contributed by atoms with Crippen molar-refractivity contribution in [1.82, 2.24) is 20.8 Å². The average Bonchev–Trinajstić information content (AvgIpc) is 2.76. The number of nitro groups is 1. The van der Waals surface area contributed by atoms with Crippen LogP contribution in [0.5, 0.6) is 0 Å². The number of nitrogens with zero attached hydrogens (tertiary/aromatic N) is 3. The van der Waals surface area contributed by atoms with Crippen molar-refractivity contribution in [2.75, 3.05) is 10.9 Å². The molecule has 0 saturated heterocycles. The molecule has 1 heterocycles. The number of nitrogens with one attached hydrogen (secondary N) is 4. The minimum atomic E-state index is -0.770. The van der Waals surface area contributed by atoms with E-state index in [9.17, 15) is 19.7 Å². The Morgan fingerprint density at radius 3 is 1.52 bits per heavy atom. The zero-order valence-corrected chi connectivity index (χ0v) is 16.9. The summed E-state index contributed by atoms with van der Waals surface area (Å²) in [5.74, 6) is -1.75. The number of halogens is 2. The first kappa shape index (κ1) is 21.7. The maximum Gasteiger partial charge on any atom is 0.356 e. The highest BCUT2D eigenvalue weighted by molar-refractivity contribution is 6.31. The molecule has 0 atom stereocenters. The number of anilines is 2. The summed E-state index contributed by atoms with van der Waals surface area (Å²) >= 11 is 11.6. The van der Waals surface area contributed by atoms with Gasteiger partial charge in [0.25, 0.3) is 11.8 Å². The molecule has 0 unspecified atom stereocenters. The van der Waals surface area contributed by atoms with Crippen LogP contribution in [-0.2, 0) is 0 Å². The molecule has 0 saturated carbocycles. The maximum absolute atomic E-state index is 12.2. The molecular formula is C18H13Cl2N7O4. The van der Waals surface area contributed by atoms with Crippen LogP contribution < -0.4 is 21.7 Å². The molecule has 1 aromatic heterocycles. The van der Waals surface area contributed by atoms with Gasteiger partial charge in [-0.05, 0) is 48.5 Å². The third-order valence-electron chi connectivity index (χ3n) is 3.81. The predicted molar refractivity (Wildman–Crippen MR) is 114 cm³/mol. The molecular weight excluding hydrogens is 449 g/mol. The Morgan fingerprint density at radius 2 is 1.16 bits per heavy atom. The summed E-state index contributed by atoms with van der Waals surface area (Å²) in [6.45, 7) is 0. The van der Waals surface area contributed by atoms with Gasteiger partial charge in [-0.15, -0.1) is 0 Å². The van der Waals surface area contributed by atoms with E-state index in [1.165, 1.54) is 48.5 Å². The van der Waals surface area contributed by atoms with E-state index in [0.29, 0.717) is 10.0 Å². The van der Waals surface area contributed by atoms with Crippen LogP contribution in [0.4, 0.5) is 17.3 Å². The Kier molecular flexibility index (Phi) is 6.80. The van der Waals surface area contributed by atoms with Gasteiger partial charge in [0.1, 0.15) is 6.33 Å². The lowest BCUT2D eigenvalue weighted by molar-refractivity contribution is -0.383. The van der Waals surface area contributed by atoms with E-state index in [-0.39, 0.29) is 22.8 Å². The Balaban J connectivity index is 1.72. The van der Waals surface area contributed by atoms with Crippen LogP contribution in [0.15, 0.2) is 54.9 Å². The Labute approximate surface area is 184 Å². The number of aromatic nitrogens is 2. The van der Waals surface area contributed by atoms with Gasteiger partial charge in [-0.2, -0.15) is 0 Å². The highest BCUT2D eigenvalue weighted by atomic mass is 35.5. The Morgan fingerprint density at radius 1 is 0.774 bits per heavy atom. The molecule has 13 heteroatoms. The fourth-order valence-electron chi connectivity index (χ4n) is 2.31. The Bertz CT molecular complexity index is 1050. The van der Waals surface area contributed by atoms with E-state index in [1.54, 1.807) is 0 Å². The molecule has 0 radical (unpaired) electrons. The first-order chi connectivity index (χ1) is 14.8. The van der Waals surface area contributed by atoms with E-state index < -0.39 is 22.4 Å². The van der Waals surface area contributed by atoms with Crippen LogP contribution in [-0.4, -0.2) is 26.7 Å². The molecule has 0 aliphatic rings. The van der Waals surface area contributed by atoms with E-state index in [2.05, 4.69) is 31.7 Å². The van der Waals surface area contributed by atoms with Crippen molar-refractivity contribution in [3.8, 4) is 0 Å². The topological polar surface area (TPSA) is 151 Å². The number of amides is 2. The molecule has 4 N–H and O–H groups in total.